The fourth-order valence-corrected chi connectivity index (χ4v) is 6.22. The fraction of sp³-hybridized carbons (Fsp3) is 0.294. The first-order valence-corrected chi connectivity index (χ1v) is 15.6. The fourth-order valence-electron chi connectivity index (χ4n) is 5.83. The third-order valence-electron chi connectivity index (χ3n) is 8.26. The lowest BCUT2D eigenvalue weighted by Crippen LogP contribution is -2.46. The van der Waals surface area contributed by atoms with Crippen LogP contribution in [0.15, 0.2) is 73.1 Å². The minimum atomic E-state index is -0.393. The monoisotopic (exact) mass is 642 g/mol. The number of nitrogens with one attached hydrogen (secondary N) is 2. The summed E-state index contributed by atoms with van der Waals surface area (Å²) in [5, 5.41) is 27.5. The number of likely N-dealkylation sites (tertiary alicyclic amines) is 1. The van der Waals surface area contributed by atoms with Gasteiger partial charge in [0.1, 0.15) is 17.6 Å². The van der Waals surface area contributed by atoms with Crippen LogP contribution in [0.1, 0.15) is 62.5 Å². The van der Waals surface area contributed by atoms with Gasteiger partial charge in [-0.1, -0.05) is 46.6 Å². The van der Waals surface area contributed by atoms with Gasteiger partial charge >= 0.3 is 0 Å². The number of nitrogens with zero attached hydrogens (tertiary/aromatic N) is 6. The molecule has 5 aromatic rings. The van der Waals surface area contributed by atoms with Crippen LogP contribution in [0.25, 0.3) is 10.9 Å². The Labute approximate surface area is 271 Å². The Morgan fingerprint density at radius 3 is 2.47 bits per heavy atom. The number of hydrogen-bond acceptors (Lipinski definition) is 7. The molecule has 0 bridgehead atoms. The third-order valence-corrected chi connectivity index (χ3v) is 8.80. The number of nitriles is 1. The SMILES string of the molecule is CC(C)(C)N1CCC(n2cc(C(Nc3cc(Cl)c4ncc(C#N)c(Nc5cccc(F)c5)c4c3)c3ccc(Cl)cc3)nn2)CC1. The van der Waals surface area contributed by atoms with Gasteiger partial charge in [-0.3, -0.25) is 9.88 Å². The molecule has 230 valence electrons. The molecule has 1 atom stereocenters. The van der Waals surface area contributed by atoms with E-state index in [0.29, 0.717) is 43.6 Å². The van der Waals surface area contributed by atoms with Crippen molar-refractivity contribution in [2.45, 2.75) is 51.2 Å². The lowest BCUT2D eigenvalue weighted by atomic mass is 9.98. The summed E-state index contributed by atoms with van der Waals surface area (Å²) in [6.07, 6.45) is 5.46. The highest BCUT2D eigenvalue weighted by Crippen LogP contribution is 2.37. The van der Waals surface area contributed by atoms with Crippen LogP contribution < -0.4 is 10.6 Å². The first-order valence-electron chi connectivity index (χ1n) is 14.8. The molecule has 0 saturated carbocycles. The van der Waals surface area contributed by atoms with Crippen LogP contribution in [0.4, 0.5) is 21.5 Å². The van der Waals surface area contributed by atoms with Gasteiger partial charge in [-0.05, 0) is 81.6 Å². The first kappa shape index (κ1) is 30.8. The largest absolute Gasteiger partial charge is 0.373 e. The van der Waals surface area contributed by atoms with Gasteiger partial charge in [0.2, 0.25) is 0 Å². The van der Waals surface area contributed by atoms with Crippen molar-refractivity contribution in [1.82, 2.24) is 24.9 Å². The van der Waals surface area contributed by atoms with E-state index >= 15 is 0 Å². The predicted molar refractivity (Wildman–Crippen MR) is 178 cm³/mol. The van der Waals surface area contributed by atoms with E-state index in [1.807, 2.05) is 41.2 Å². The van der Waals surface area contributed by atoms with Crippen LogP contribution in [0.2, 0.25) is 10.0 Å². The zero-order valence-corrected chi connectivity index (χ0v) is 26.7. The molecule has 3 aromatic carbocycles. The highest BCUT2D eigenvalue weighted by molar-refractivity contribution is 6.36. The molecule has 0 spiro atoms. The molecule has 1 unspecified atom stereocenters. The number of anilines is 3. The van der Waals surface area contributed by atoms with Crippen molar-refractivity contribution in [1.29, 1.82) is 5.26 Å². The summed E-state index contributed by atoms with van der Waals surface area (Å²) in [7, 11) is 0. The Balaban J connectivity index is 1.36. The quantitative estimate of drug-likeness (QED) is 0.184. The van der Waals surface area contributed by atoms with Crippen LogP contribution >= 0.6 is 23.2 Å². The highest BCUT2D eigenvalue weighted by Gasteiger charge is 2.29. The summed E-state index contributed by atoms with van der Waals surface area (Å²) in [6.45, 7) is 8.76. The maximum atomic E-state index is 14.0. The molecule has 1 aliphatic heterocycles. The van der Waals surface area contributed by atoms with E-state index in [2.05, 4.69) is 57.7 Å². The van der Waals surface area contributed by atoms with Crippen LogP contribution in [0, 0.1) is 17.1 Å². The molecule has 0 aliphatic carbocycles. The number of rotatable bonds is 7. The average molecular weight is 644 g/mol. The number of piperidine rings is 1. The highest BCUT2D eigenvalue weighted by atomic mass is 35.5. The number of pyridine rings is 1. The van der Waals surface area contributed by atoms with E-state index in [4.69, 9.17) is 23.2 Å². The van der Waals surface area contributed by atoms with Crippen molar-refractivity contribution in [2.24, 2.45) is 0 Å². The topological polar surface area (TPSA) is 94.7 Å². The number of halogens is 3. The van der Waals surface area contributed by atoms with E-state index in [1.165, 1.54) is 18.3 Å². The van der Waals surface area contributed by atoms with Crippen molar-refractivity contribution in [3.05, 3.63) is 106 Å². The van der Waals surface area contributed by atoms with E-state index < -0.39 is 5.82 Å². The Morgan fingerprint density at radius 1 is 1.02 bits per heavy atom. The number of aromatic nitrogens is 4. The van der Waals surface area contributed by atoms with Gasteiger partial charge < -0.3 is 10.6 Å². The standard InChI is InChI=1S/C34H33Cl2FN8/c1-34(2,3)44-13-11-27(12-14-44)45-20-30(42-43-45)32(21-7-9-23(35)10-8-21)41-26-16-28-31(40-25-6-4-5-24(37)15-25)22(18-38)19-39-33(28)29(36)17-26/h4-10,15-17,19-20,27,32,41H,11-14H2,1-3H3,(H,39,40). The Morgan fingerprint density at radius 2 is 1.78 bits per heavy atom. The van der Waals surface area contributed by atoms with Gasteiger partial charge in [-0.15, -0.1) is 5.10 Å². The molecule has 8 nitrogen and oxygen atoms in total. The van der Waals surface area contributed by atoms with Crippen LogP contribution in [-0.4, -0.2) is 43.5 Å². The molecule has 3 heterocycles. The molecule has 1 aliphatic rings. The molecular weight excluding hydrogens is 610 g/mol. The molecule has 0 radical (unpaired) electrons. The molecule has 1 fully saturated rings. The Bertz CT molecular complexity index is 1870. The number of benzene rings is 3. The van der Waals surface area contributed by atoms with Gasteiger partial charge in [0.15, 0.2) is 0 Å². The minimum absolute atomic E-state index is 0.138. The third kappa shape index (κ3) is 6.74. The van der Waals surface area contributed by atoms with Gasteiger partial charge in [-0.25, -0.2) is 9.07 Å². The summed E-state index contributed by atoms with van der Waals surface area (Å²) < 4.78 is 16.0. The van der Waals surface area contributed by atoms with Crippen molar-refractivity contribution in [3.8, 4) is 6.07 Å². The Kier molecular flexibility index (Phi) is 8.65. The van der Waals surface area contributed by atoms with Crippen LogP contribution in [0.3, 0.4) is 0 Å². The smallest absolute Gasteiger partial charge is 0.125 e. The van der Waals surface area contributed by atoms with Crippen molar-refractivity contribution >= 4 is 51.2 Å². The number of fused-ring (bicyclic) bond motifs is 1. The molecule has 45 heavy (non-hydrogen) atoms. The zero-order chi connectivity index (χ0) is 31.7. The predicted octanol–water partition coefficient (Wildman–Crippen LogP) is 8.52. The second-order valence-corrected chi connectivity index (χ2v) is 13.1. The lowest BCUT2D eigenvalue weighted by Gasteiger charge is -2.40. The molecule has 2 N–H and O–H groups in total. The van der Waals surface area contributed by atoms with Gasteiger partial charge in [0.05, 0.1) is 40.1 Å². The maximum Gasteiger partial charge on any atom is 0.125 e. The first-order chi connectivity index (χ1) is 21.6. The van der Waals surface area contributed by atoms with Crippen LogP contribution in [0.5, 0.6) is 0 Å². The number of hydrogen-bond donors (Lipinski definition) is 2. The normalized spacial score (nSPS) is 15.1. The van der Waals surface area contributed by atoms with Gasteiger partial charge in [0.25, 0.3) is 0 Å². The van der Waals surface area contributed by atoms with Gasteiger partial charge in [-0.2, -0.15) is 5.26 Å². The van der Waals surface area contributed by atoms with Crippen molar-refractivity contribution in [3.63, 3.8) is 0 Å². The van der Waals surface area contributed by atoms with E-state index in [0.717, 1.165) is 37.2 Å². The van der Waals surface area contributed by atoms with Crippen molar-refractivity contribution < 1.29 is 4.39 Å². The second-order valence-electron chi connectivity index (χ2n) is 12.3. The molecule has 0 amide bonds. The molecular formula is C34H33Cl2FN8. The average Bonchev–Trinajstić information content (AvgIpc) is 3.51. The lowest BCUT2D eigenvalue weighted by molar-refractivity contribution is 0.0866. The van der Waals surface area contributed by atoms with Gasteiger partial charge in [0, 0.05) is 46.6 Å². The molecule has 6 rings (SSSR count). The van der Waals surface area contributed by atoms with E-state index in [9.17, 15) is 9.65 Å². The zero-order valence-electron chi connectivity index (χ0n) is 25.2. The maximum absolute atomic E-state index is 14.0. The molecule has 11 heteroatoms. The summed E-state index contributed by atoms with van der Waals surface area (Å²) in [5.41, 5.74) is 4.29. The Hall–Kier alpha value is -4.23. The second kappa shape index (κ2) is 12.6. The molecule has 1 saturated heterocycles. The summed E-state index contributed by atoms with van der Waals surface area (Å²) in [5.74, 6) is -0.393. The van der Waals surface area contributed by atoms with Crippen LogP contribution in [-0.2, 0) is 0 Å². The summed E-state index contributed by atoms with van der Waals surface area (Å²) in [4.78, 5) is 6.96. The van der Waals surface area contributed by atoms with E-state index in [-0.39, 0.29) is 17.6 Å². The molecule has 2 aromatic heterocycles. The van der Waals surface area contributed by atoms with E-state index in [1.54, 1.807) is 18.2 Å². The minimum Gasteiger partial charge on any atom is -0.373 e. The van der Waals surface area contributed by atoms with Crippen molar-refractivity contribution in [2.75, 3.05) is 23.7 Å². The summed E-state index contributed by atoms with van der Waals surface area (Å²) >= 11 is 13.0. The summed E-state index contributed by atoms with van der Waals surface area (Å²) in [6, 6.07) is 19.4.